The van der Waals surface area contributed by atoms with Crippen LogP contribution in [-0.4, -0.2) is 86.6 Å². The number of amidine groups is 2. The fraction of sp³-hybridized carbons (Fsp3) is 0.478. The second kappa shape index (κ2) is 9.23. The smallest absolute Gasteiger partial charge is 0.411 e. The minimum absolute atomic E-state index is 0.400. The van der Waals surface area contributed by atoms with E-state index in [0.29, 0.717) is 29.9 Å². The van der Waals surface area contributed by atoms with Gasteiger partial charge in [0.25, 0.3) is 0 Å². The van der Waals surface area contributed by atoms with Gasteiger partial charge in [0.2, 0.25) is 0 Å². The lowest BCUT2D eigenvalue weighted by atomic mass is 10.2. The topological polar surface area (TPSA) is 121 Å². The summed E-state index contributed by atoms with van der Waals surface area (Å²) in [5, 5.41) is 25.7. The van der Waals surface area contributed by atoms with Crippen LogP contribution >= 0.6 is 0 Å². The van der Waals surface area contributed by atoms with Crippen LogP contribution in [0.4, 0.5) is 21.9 Å². The van der Waals surface area contributed by atoms with Gasteiger partial charge in [-0.3, -0.25) is 10.3 Å². The Balaban J connectivity index is 1.46. The van der Waals surface area contributed by atoms with E-state index in [1.54, 1.807) is 5.01 Å². The molecule has 2 fully saturated rings. The largest absolute Gasteiger partial charge is 0.453 e. The first-order valence-electron chi connectivity index (χ1n) is 11.5. The molecule has 1 aliphatic carbocycles. The molecule has 11 nitrogen and oxygen atoms in total. The van der Waals surface area contributed by atoms with Gasteiger partial charge in [-0.1, -0.05) is 0 Å². The van der Waals surface area contributed by atoms with Crippen LogP contribution in [0.3, 0.4) is 0 Å². The van der Waals surface area contributed by atoms with Crippen molar-refractivity contribution in [2.24, 2.45) is 10.1 Å². The summed E-state index contributed by atoms with van der Waals surface area (Å²) >= 11 is 0. The molecule has 34 heavy (non-hydrogen) atoms. The van der Waals surface area contributed by atoms with Crippen LogP contribution in [0.5, 0.6) is 0 Å². The maximum Gasteiger partial charge on any atom is 0.411 e. The van der Waals surface area contributed by atoms with Crippen LogP contribution in [0.1, 0.15) is 12.8 Å². The van der Waals surface area contributed by atoms with Gasteiger partial charge in [-0.2, -0.15) is 10.4 Å². The van der Waals surface area contributed by atoms with E-state index in [1.807, 2.05) is 24.3 Å². The highest BCUT2D eigenvalue weighted by atomic mass is 16.5. The van der Waals surface area contributed by atoms with Gasteiger partial charge >= 0.3 is 6.09 Å². The van der Waals surface area contributed by atoms with E-state index < -0.39 is 12.1 Å². The molecule has 1 saturated heterocycles. The number of hydrogen-bond donors (Lipinski definition) is 3. The lowest BCUT2D eigenvalue weighted by molar-refractivity contribution is 0.187. The molecule has 4 aliphatic rings. The van der Waals surface area contributed by atoms with Gasteiger partial charge in [-0.15, -0.1) is 0 Å². The van der Waals surface area contributed by atoms with Crippen molar-refractivity contribution in [3.8, 4) is 6.07 Å². The molecular formula is C23H29N9O2. The summed E-state index contributed by atoms with van der Waals surface area (Å²) in [6, 6.07) is 8.04. The van der Waals surface area contributed by atoms with Crippen LogP contribution in [-0.2, 0) is 4.74 Å². The molecule has 3 heterocycles. The number of nitriles is 1. The fourth-order valence-electron chi connectivity index (χ4n) is 4.20. The molecule has 0 spiro atoms. The number of aliphatic imine (C=N–C) groups is 1. The third kappa shape index (κ3) is 4.63. The number of piperazine rings is 1. The summed E-state index contributed by atoms with van der Waals surface area (Å²) in [7, 11) is 3.46. The normalized spacial score (nSPS) is 22.1. The second-order valence-corrected chi connectivity index (χ2v) is 8.88. The molecule has 1 amide bonds. The average molecular weight is 464 g/mol. The van der Waals surface area contributed by atoms with E-state index in [4.69, 9.17) is 9.84 Å². The number of carbonyl (C=O) groups excluding carboxylic acids is 1. The van der Waals surface area contributed by atoms with E-state index >= 15 is 0 Å². The molecule has 1 atom stereocenters. The minimum Gasteiger partial charge on any atom is -0.453 e. The van der Waals surface area contributed by atoms with Gasteiger partial charge in [0.15, 0.2) is 17.7 Å². The van der Waals surface area contributed by atoms with Crippen LogP contribution in [0.25, 0.3) is 0 Å². The lowest BCUT2D eigenvalue weighted by Crippen LogP contribution is -2.45. The Morgan fingerprint density at radius 2 is 2.03 bits per heavy atom. The highest BCUT2D eigenvalue weighted by Crippen LogP contribution is 2.32. The number of anilines is 3. The number of methoxy groups -OCH3 is 1. The number of hydrazone groups is 1. The Bertz CT molecular complexity index is 1090. The molecule has 11 heteroatoms. The first kappa shape index (κ1) is 22.0. The number of nitrogens with zero attached hydrogens (tertiary/aromatic N) is 6. The number of ether oxygens (including phenoxy) is 1. The van der Waals surface area contributed by atoms with Gasteiger partial charge in [0.1, 0.15) is 0 Å². The third-order valence-electron chi connectivity index (χ3n) is 6.28. The average Bonchev–Trinajstić information content (AvgIpc) is 3.56. The van der Waals surface area contributed by atoms with Crippen LogP contribution in [0.2, 0.25) is 0 Å². The minimum atomic E-state index is -0.529. The van der Waals surface area contributed by atoms with E-state index in [-0.39, 0.29) is 0 Å². The Hall–Kier alpha value is -3.78. The fourth-order valence-corrected chi connectivity index (χ4v) is 4.20. The molecule has 1 saturated carbocycles. The lowest BCUT2D eigenvalue weighted by Gasteiger charge is -2.35. The van der Waals surface area contributed by atoms with Crippen LogP contribution in [0, 0.1) is 11.3 Å². The van der Waals surface area contributed by atoms with Crippen molar-refractivity contribution in [1.82, 2.24) is 15.2 Å². The van der Waals surface area contributed by atoms with Gasteiger partial charge in [-0.25, -0.2) is 9.80 Å². The SMILES string of the molecule is COC(=O)Nc1ccc(N2CCN(C)CC2)c(NC2=NN3C(=NCC3C#N)C(NC3CC3)=C2)c1. The zero-order valence-electron chi connectivity index (χ0n) is 19.4. The maximum absolute atomic E-state index is 11.8. The number of likely N-dealkylation sites (N-methyl/N-ethyl adjacent to an activating group) is 1. The highest BCUT2D eigenvalue weighted by molar-refractivity contribution is 6.14. The Kier molecular flexibility index (Phi) is 5.98. The molecule has 3 aliphatic heterocycles. The van der Waals surface area contributed by atoms with Crippen molar-refractivity contribution >= 4 is 34.8 Å². The predicted octanol–water partition coefficient (Wildman–Crippen LogP) is 1.60. The second-order valence-electron chi connectivity index (χ2n) is 8.88. The molecule has 3 N–H and O–H groups in total. The molecule has 5 rings (SSSR count). The molecule has 0 aromatic heterocycles. The van der Waals surface area contributed by atoms with Crippen LogP contribution < -0.4 is 20.9 Å². The van der Waals surface area contributed by atoms with Crippen molar-refractivity contribution < 1.29 is 9.53 Å². The standard InChI is InChI=1S/C23H29N9O2/c1-30-7-9-31(10-8-30)20-6-5-16(27-23(33)34-2)11-18(20)28-21-12-19(26-15-3-4-15)22-25-14-17(13-24)32(22)29-21/h5-6,11-12,15,17,26H,3-4,7-10,14H2,1-2H3,(H,27,33)(H,28,29). The summed E-state index contributed by atoms with van der Waals surface area (Å²) in [5.41, 5.74) is 3.33. The maximum atomic E-state index is 11.8. The first-order valence-corrected chi connectivity index (χ1v) is 11.5. The Morgan fingerprint density at radius 3 is 2.74 bits per heavy atom. The van der Waals surface area contributed by atoms with E-state index in [2.05, 4.69) is 43.9 Å². The zero-order chi connectivity index (χ0) is 23.7. The number of rotatable bonds is 5. The van der Waals surface area contributed by atoms with Gasteiger partial charge in [0.05, 0.1) is 36.8 Å². The summed E-state index contributed by atoms with van der Waals surface area (Å²) in [5.74, 6) is 1.32. The van der Waals surface area contributed by atoms with Crippen molar-refractivity contribution in [1.29, 1.82) is 5.26 Å². The van der Waals surface area contributed by atoms with Crippen molar-refractivity contribution in [2.75, 3.05) is 62.4 Å². The number of benzene rings is 1. The summed E-state index contributed by atoms with van der Waals surface area (Å²) < 4.78 is 4.75. The quantitative estimate of drug-likeness (QED) is 0.602. The number of nitrogens with one attached hydrogen (secondary N) is 3. The molecule has 178 valence electrons. The monoisotopic (exact) mass is 463 g/mol. The Labute approximate surface area is 198 Å². The summed E-state index contributed by atoms with van der Waals surface area (Å²) in [6.07, 6.45) is 3.67. The van der Waals surface area contributed by atoms with Gasteiger partial charge < -0.3 is 25.2 Å². The molecule has 0 bridgehead atoms. The first-order chi connectivity index (χ1) is 16.5. The molecular weight excluding hydrogens is 434 g/mol. The van der Waals surface area contributed by atoms with E-state index in [9.17, 15) is 10.1 Å². The van der Waals surface area contributed by atoms with E-state index in [1.165, 1.54) is 7.11 Å². The van der Waals surface area contributed by atoms with Crippen molar-refractivity contribution in [3.05, 3.63) is 30.0 Å². The van der Waals surface area contributed by atoms with Crippen LogP contribution in [0.15, 0.2) is 40.1 Å². The molecule has 0 radical (unpaired) electrons. The summed E-state index contributed by atoms with van der Waals surface area (Å²) in [4.78, 5) is 21.0. The molecule has 1 aromatic rings. The van der Waals surface area contributed by atoms with E-state index in [0.717, 1.165) is 56.1 Å². The zero-order valence-corrected chi connectivity index (χ0v) is 19.4. The molecule has 1 unspecified atom stereocenters. The number of fused-ring (bicyclic) bond motifs is 1. The van der Waals surface area contributed by atoms with Gasteiger partial charge in [0, 0.05) is 44.0 Å². The highest BCUT2D eigenvalue weighted by Gasteiger charge is 2.35. The number of amides is 1. The molecule has 1 aromatic carbocycles. The van der Waals surface area contributed by atoms with Gasteiger partial charge in [-0.05, 0) is 38.1 Å². The van der Waals surface area contributed by atoms with Crippen molar-refractivity contribution in [3.63, 3.8) is 0 Å². The predicted molar refractivity (Wildman–Crippen MR) is 131 cm³/mol. The summed E-state index contributed by atoms with van der Waals surface area (Å²) in [6.45, 7) is 4.12. The number of carbonyl (C=O) groups is 1. The Morgan fingerprint density at radius 1 is 1.24 bits per heavy atom. The third-order valence-corrected chi connectivity index (χ3v) is 6.28. The van der Waals surface area contributed by atoms with Crippen molar-refractivity contribution in [2.45, 2.75) is 24.9 Å². The number of hydrogen-bond acceptors (Lipinski definition) is 10.